The number of nitrogens with zero attached hydrogens (tertiary/aromatic N) is 1. The molecule has 6 nitrogen and oxygen atoms in total. The van der Waals surface area contributed by atoms with Gasteiger partial charge >= 0.3 is 5.69 Å². The first-order valence-corrected chi connectivity index (χ1v) is 9.51. The highest BCUT2D eigenvalue weighted by Crippen LogP contribution is 2.23. The van der Waals surface area contributed by atoms with E-state index in [0.29, 0.717) is 22.7 Å². The molecule has 0 aliphatic rings. The number of hydrogen-bond acceptors (Lipinski definition) is 4. The zero-order chi connectivity index (χ0) is 21.1. The lowest BCUT2D eigenvalue weighted by Crippen LogP contribution is -2.14. The number of furan rings is 1. The molecule has 150 valence electrons. The van der Waals surface area contributed by atoms with E-state index in [1.54, 1.807) is 60.8 Å². The Balaban J connectivity index is 1.58. The minimum absolute atomic E-state index is 0.0249. The smallest absolute Gasteiger partial charge is 0.330 e. The van der Waals surface area contributed by atoms with Crippen LogP contribution in [0.25, 0.3) is 23.2 Å². The van der Waals surface area contributed by atoms with Crippen LogP contribution in [0.15, 0.2) is 82.1 Å². The maximum absolute atomic E-state index is 12.6. The summed E-state index contributed by atoms with van der Waals surface area (Å²) < 4.78 is 6.73. The fourth-order valence-corrected chi connectivity index (χ4v) is 3.13. The van der Waals surface area contributed by atoms with E-state index in [2.05, 4.69) is 4.98 Å². The number of rotatable bonds is 6. The first kappa shape index (κ1) is 19.7. The van der Waals surface area contributed by atoms with Gasteiger partial charge in [-0.2, -0.15) is 0 Å². The van der Waals surface area contributed by atoms with E-state index in [1.165, 1.54) is 10.6 Å². The molecule has 0 atom stereocenters. The molecule has 0 fully saturated rings. The number of carbonyl (C=O) groups is 1. The largest absolute Gasteiger partial charge is 0.443 e. The van der Waals surface area contributed by atoms with Crippen molar-refractivity contribution in [1.29, 1.82) is 0 Å². The second kappa shape index (κ2) is 8.41. The summed E-state index contributed by atoms with van der Waals surface area (Å²) in [5.41, 5.74) is 2.77. The van der Waals surface area contributed by atoms with Crippen molar-refractivity contribution >= 4 is 23.5 Å². The number of nitrogens with one attached hydrogen (secondary N) is 1. The van der Waals surface area contributed by atoms with E-state index < -0.39 is 0 Å². The van der Waals surface area contributed by atoms with Crippen molar-refractivity contribution in [3.05, 3.63) is 105 Å². The van der Waals surface area contributed by atoms with Crippen molar-refractivity contribution < 1.29 is 14.3 Å². The Morgan fingerprint density at radius 2 is 1.93 bits per heavy atom. The first-order valence-electron chi connectivity index (χ1n) is 9.13. The monoisotopic (exact) mass is 420 g/mol. The van der Waals surface area contributed by atoms with E-state index in [1.807, 2.05) is 12.1 Å². The molecule has 7 heteroatoms. The van der Waals surface area contributed by atoms with Crippen LogP contribution in [0.5, 0.6) is 0 Å². The zero-order valence-electron chi connectivity index (χ0n) is 15.7. The normalized spacial score (nSPS) is 11.3. The van der Waals surface area contributed by atoms with E-state index in [-0.39, 0.29) is 23.3 Å². The lowest BCUT2D eigenvalue weighted by molar-refractivity contribution is 0.104. The van der Waals surface area contributed by atoms with Gasteiger partial charge in [0.2, 0.25) is 0 Å². The molecule has 0 bridgehead atoms. The Bertz CT molecular complexity index is 1280. The number of benzene rings is 2. The van der Waals surface area contributed by atoms with Crippen LogP contribution in [-0.2, 0) is 6.61 Å². The second-order valence-electron chi connectivity index (χ2n) is 6.59. The third-order valence-electron chi connectivity index (χ3n) is 4.56. The molecule has 2 N–H and O–H groups in total. The standard InChI is InChI=1S/C23H17ClN2O4/c24-22-11-10-21(30-22)19-13-26(23(29)25-19)18-3-1-2-17(12-18)20(28)9-8-15-4-6-16(14-27)7-5-15/h1-13,27H,14H2,(H,25,29). The number of aromatic nitrogens is 2. The van der Waals surface area contributed by atoms with Crippen molar-refractivity contribution in [2.24, 2.45) is 0 Å². The number of halogens is 1. The van der Waals surface area contributed by atoms with Gasteiger partial charge in [-0.3, -0.25) is 9.36 Å². The van der Waals surface area contributed by atoms with Gasteiger partial charge in [-0.1, -0.05) is 42.5 Å². The van der Waals surface area contributed by atoms with Crippen molar-refractivity contribution in [2.75, 3.05) is 0 Å². The number of hydrogen-bond donors (Lipinski definition) is 2. The third kappa shape index (κ3) is 4.20. The number of allylic oxidation sites excluding steroid dienone is 1. The maximum Gasteiger partial charge on any atom is 0.330 e. The van der Waals surface area contributed by atoms with Gasteiger partial charge in [0.15, 0.2) is 16.8 Å². The summed E-state index contributed by atoms with van der Waals surface area (Å²) in [7, 11) is 0. The molecule has 30 heavy (non-hydrogen) atoms. The Morgan fingerprint density at radius 3 is 2.63 bits per heavy atom. The van der Waals surface area contributed by atoms with Crippen molar-refractivity contribution in [3.63, 3.8) is 0 Å². The average molecular weight is 421 g/mol. The van der Waals surface area contributed by atoms with Crippen LogP contribution in [0.3, 0.4) is 0 Å². The number of aliphatic hydroxyl groups excluding tert-OH is 1. The maximum atomic E-state index is 12.6. The molecule has 0 saturated carbocycles. The van der Waals surface area contributed by atoms with Gasteiger partial charge in [-0.25, -0.2) is 4.79 Å². The lowest BCUT2D eigenvalue weighted by atomic mass is 10.1. The van der Waals surface area contributed by atoms with E-state index in [9.17, 15) is 9.59 Å². The Morgan fingerprint density at radius 1 is 1.13 bits per heavy atom. The molecular weight excluding hydrogens is 404 g/mol. The predicted octanol–water partition coefficient (Wildman–Crippen LogP) is 4.47. The molecule has 0 saturated heterocycles. The molecule has 4 aromatic rings. The van der Waals surface area contributed by atoms with Gasteiger partial charge in [0, 0.05) is 11.8 Å². The molecule has 0 radical (unpaired) electrons. The van der Waals surface area contributed by atoms with Gasteiger partial charge in [0.05, 0.1) is 12.3 Å². The quantitative estimate of drug-likeness (QED) is 0.356. The highest BCUT2D eigenvalue weighted by atomic mass is 35.5. The van der Waals surface area contributed by atoms with Gasteiger partial charge in [-0.15, -0.1) is 0 Å². The van der Waals surface area contributed by atoms with Gasteiger partial charge in [0.25, 0.3) is 0 Å². The van der Waals surface area contributed by atoms with Crippen molar-refractivity contribution in [2.45, 2.75) is 6.61 Å². The van der Waals surface area contributed by atoms with E-state index in [0.717, 1.165) is 11.1 Å². The summed E-state index contributed by atoms with van der Waals surface area (Å²) in [5, 5.41) is 9.32. The summed E-state index contributed by atoms with van der Waals surface area (Å²) in [6, 6.07) is 17.3. The van der Waals surface area contributed by atoms with E-state index in [4.69, 9.17) is 21.1 Å². The zero-order valence-corrected chi connectivity index (χ0v) is 16.5. The topological polar surface area (TPSA) is 88.2 Å². The number of carbonyl (C=O) groups excluding carboxylic acids is 1. The number of ketones is 1. The Kier molecular flexibility index (Phi) is 5.52. The SMILES string of the molecule is O=C(C=Cc1ccc(CO)cc1)c1cccc(-n2cc(-c3ccc(Cl)o3)[nH]c2=O)c1. The second-order valence-corrected chi connectivity index (χ2v) is 6.97. The van der Waals surface area contributed by atoms with Crippen LogP contribution in [0.1, 0.15) is 21.5 Å². The Labute approximate surface area is 176 Å². The predicted molar refractivity (Wildman–Crippen MR) is 115 cm³/mol. The van der Waals surface area contributed by atoms with Crippen LogP contribution >= 0.6 is 11.6 Å². The summed E-state index contributed by atoms with van der Waals surface area (Å²) in [6.07, 6.45) is 4.78. The molecule has 2 aromatic heterocycles. The number of aromatic amines is 1. The molecule has 2 heterocycles. The van der Waals surface area contributed by atoms with Crippen LogP contribution in [-0.4, -0.2) is 20.4 Å². The number of aliphatic hydroxyl groups is 1. The fraction of sp³-hybridized carbons (Fsp3) is 0.0435. The molecule has 0 spiro atoms. The lowest BCUT2D eigenvalue weighted by Gasteiger charge is -2.03. The van der Waals surface area contributed by atoms with Gasteiger partial charge in [-0.05, 0) is 53.1 Å². The highest BCUT2D eigenvalue weighted by Gasteiger charge is 2.11. The summed E-state index contributed by atoms with van der Waals surface area (Å²) in [6.45, 7) is -0.0249. The first-order chi connectivity index (χ1) is 14.5. The summed E-state index contributed by atoms with van der Waals surface area (Å²) >= 11 is 5.80. The molecular formula is C23H17ClN2O4. The van der Waals surface area contributed by atoms with Crippen LogP contribution in [0.4, 0.5) is 0 Å². The fourth-order valence-electron chi connectivity index (χ4n) is 2.98. The third-order valence-corrected chi connectivity index (χ3v) is 4.76. The van der Waals surface area contributed by atoms with Crippen molar-refractivity contribution in [1.82, 2.24) is 9.55 Å². The van der Waals surface area contributed by atoms with Crippen LogP contribution in [0, 0.1) is 0 Å². The molecule has 0 amide bonds. The number of imidazole rings is 1. The minimum Gasteiger partial charge on any atom is -0.443 e. The van der Waals surface area contributed by atoms with Crippen molar-refractivity contribution in [3.8, 4) is 17.1 Å². The van der Waals surface area contributed by atoms with E-state index >= 15 is 0 Å². The minimum atomic E-state index is -0.360. The molecule has 0 aliphatic carbocycles. The van der Waals surface area contributed by atoms with Gasteiger partial charge in [0.1, 0.15) is 5.69 Å². The van der Waals surface area contributed by atoms with Crippen LogP contribution < -0.4 is 5.69 Å². The number of H-pyrrole nitrogens is 1. The molecule has 4 rings (SSSR count). The average Bonchev–Trinajstić information content (AvgIpc) is 3.38. The Hall–Kier alpha value is -3.61. The highest BCUT2D eigenvalue weighted by molar-refractivity contribution is 6.28. The molecule has 0 unspecified atom stereocenters. The summed E-state index contributed by atoms with van der Waals surface area (Å²) in [4.78, 5) is 27.7. The summed E-state index contributed by atoms with van der Waals surface area (Å²) in [5.74, 6) is 0.253. The molecule has 0 aliphatic heterocycles. The van der Waals surface area contributed by atoms with Gasteiger partial charge < -0.3 is 14.5 Å². The molecule has 2 aromatic carbocycles. The van der Waals surface area contributed by atoms with Crippen LogP contribution in [0.2, 0.25) is 5.22 Å².